The number of hydrogen-bond donors (Lipinski definition) is 0. The maximum atomic E-state index is 11.4. The largest absolute Gasteiger partial charge is 0.469 e. The van der Waals surface area contributed by atoms with Gasteiger partial charge in [0.25, 0.3) is 0 Å². The molecule has 148 valence electrons. The van der Waals surface area contributed by atoms with Gasteiger partial charge in [0.05, 0.1) is 13.5 Å². The molecule has 0 saturated heterocycles. The minimum absolute atomic E-state index is 0.145. The molecular formula is C26H32O2. The second-order valence-electron chi connectivity index (χ2n) is 7.82. The average Bonchev–Trinajstić information content (AvgIpc) is 3.00. The molecule has 0 heterocycles. The Bertz CT molecular complexity index is 839. The highest BCUT2D eigenvalue weighted by Crippen LogP contribution is 2.54. The zero-order valence-electron chi connectivity index (χ0n) is 17.5. The summed E-state index contributed by atoms with van der Waals surface area (Å²) in [5, 5.41) is 0. The maximum Gasteiger partial charge on any atom is 0.309 e. The number of carbonyl (C=O) groups is 1. The first-order chi connectivity index (χ1) is 13.7. The number of hydrogen-bond acceptors (Lipinski definition) is 2. The first kappa shape index (κ1) is 20.4. The van der Waals surface area contributed by atoms with E-state index < -0.39 is 0 Å². The zero-order chi connectivity index (χ0) is 20.0. The summed E-state index contributed by atoms with van der Waals surface area (Å²) in [7, 11) is 1.43. The van der Waals surface area contributed by atoms with Gasteiger partial charge in [-0.2, -0.15) is 0 Å². The molecular weight excluding hydrogens is 344 g/mol. The van der Waals surface area contributed by atoms with Crippen molar-refractivity contribution in [2.75, 3.05) is 7.11 Å². The van der Waals surface area contributed by atoms with Crippen molar-refractivity contribution in [1.29, 1.82) is 0 Å². The molecule has 0 atom stereocenters. The highest BCUT2D eigenvalue weighted by atomic mass is 16.5. The summed E-state index contributed by atoms with van der Waals surface area (Å²) in [5.41, 5.74) is 7.02. The molecule has 1 aliphatic carbocycles. The van der Waals surface area contributed by atoms with Crippen LogP contribution in [0.15, 0.2) is 48.5 Å². The van der Waals surface area contributed by atoms with E-state index in [9.17, 15) is 4.79 Å². The fourth-order valence-electron chi connectivity index (χ4n) is 4.58. The lowest BCUT2D eigenvalue weighted by molar-refractivity contribution is -0.139. The predicted octanol–water partition coefficient (Wildman–Crippen LogP) is 6.91. The molecule has 0 fully saturated rings. The molecule has 0 aliphatic heterocycles. The Hall–Kier alpha value is -2.35. The number of fused-ring (bicyclic) bond motifs is 3. The number of methoxy groups -OCH3 is 1. The van der Waals surface area contributed by atoms with Gasteiger partial charge in [0.1, 0.15) is 0 Å². The molecule has 0 radical (unpaired) electrons. The van der Waals surface area contributed by atoms with Gasteiger partial charge in [-0.3, -0.25) is 4.79 Å². The van der Waals surface area contributed by atoms with Crippen molar-refractivity contribution in [1.82, 2.24) is 0 Å². The van der Waals surface area contributed by atoms with Gasteiger partial charge in [-0.1, -0.05) is 88.1 Å². The van der Waals surface area contributed by atoms with E-state index in [1.165, 1.54) is 67.9 Å². The minimum Gasteiger partial charge on any atom is -0.469 e. The Morgan fingerprint density at radius 2 is 1.64 bits per heavy atom. The summed E-state index contributed by atoms with van der Waals surface area (Å²) in [5.74, 6) is -0.207. The molecule has 2 aromatic rings. The van der Waals surface area contributed by atoms with Gasteiger partial charge in [0.15, 0.2) is 0 Å². The van der Waals surface area contributed by atoms with Crippen molar-refractivity contribution in [2.45, 2.75) is 64.2 Å². The molecule has 2 aromatic carbocycles. The van der Waals surface area contributed by atoms with Crippen LogP contribution in [-0.4, -0.2) is 13.1 Å². The summed E-state index contributed by atoms with van der Waals surface area (Å²) in [6.07, 6.45) is 11.6. The number of rotatable bonds is 9. The van der Waals surface area contributed by atoms with Crippen molar-refractivity contribution in [3.8, 4) is 11.1 Å². The van der Waals surface area contributed by atoms with Gasteiger partial charge >= 0.3 is 5.97 Å². The SMILES string of the molecule is CCCCC1(CCCC)c2ccccc2-c2cc(/C=C/CC(=O)OC)ccc21. The summed E-state index contributed by atoms with van der Waals surface area (Å²) >= 11 is 0. The van der Waals surface area contributed by atoms with Gasteiger partial charge in [-0.15, -0.1) is 0 Å². The molecule has 0 bridgehead atoms. The fraction of sp³-hybridized carbons (Fsp3) is 0.423. The molecule has 0 amide bonds. The van der Waals surface area contributed by atoms with Crippen LogP contribution in [0.5, 0.6) is 0 Å². The fourth-order valence-corrected chi connectivity index (χ4v) is 4.58. The molecule has 0 aromatic heterocycles. The Labute approximate surface area is 169 Å². The first-order valence-corrected chi connectivity index (χ1v) is 10.6. The normalized spacial score (nSPS) is 14.1. The molecule has 2 heteroatoms. The third kappa shape index (κ3) is 3.92. The van der Waals surface area contributed by atoms with Gasteiger partial charge in [-0.05, 0) is 46.7 Å². The van der Waals surface area contributed by atoms with Gasteiger partial charge in [-0.25, -0.2) is 0 Å². The van der Waals surface area contributed by atoms with Crippen LogP contribution < -0.4 is 0 Å². The minimum atomic E-state index is -0.207. The number of benzene rings is 2. The molecule has 0 N–H and O–H groups in total. The standard InChI is InChI=1S/C26H32O2/c1-4-6-17-26(18-7-5-2)23-13-9-8-12-21(23)22-19-20(15-16-24(22)26)11-10-14-25(27)28-3/h8-13,15-16,19H,4-7,14,17-18H2,1-3H3/b11-10+. The van der Waals surface area contributed by atoms with E-state index in [0.29, 0.717) is 6.42 Å². The highest BCUT2D eigenvalue weighted by Gasteiger charge is 2.41. The molecule has 28 heavy (non-hydrogen) atoms. The number of esters is 1. The van der Waals surface area contributed by atoms with Crippen LogP contribution in [-0.2, 0) is 14.9 Å². The van der Waals surface area contributed by atoms with E-state index in [2.05, 4.69) is 56.3 Å². The van der Waals surface area contributed by atoms with Crippen molar-refractivity contribution >= 4 is 12.0 Å². The lowest BCUT2D eigenvalue weighted by Crippen LogP contribution is -2.25. The third-order valence-corrected chi connectivity index (χ3v) is 6.03. The third-order valence-electron chi connectivity index (χ3n) is 6.03. The molecule has 0 spiro atoms. The van der Waals surface area contributed by atoms with Crippen LogP contribution in [0.2, 0.25) is 0 Å². The summed E-state index contributed by atoms with van der Waals surface area (Å²) in [6, 6.07) is 15.8. The second-order valence-corrected chi connectivity index (χ2v) is 7.82. The van der Waals surface area contributed by atoms with Crippen LogP contribution in [0.3, 0.4) is 0 Å². The van der Waals surface area contributed by atoms with E-state index in [4.69, 9.17) is 4.74 Å². The molecule has 1 aliphatic rings. The van der Waals surface area contributed by atoms with Gasteiger partial charge in [0.2, 0.25) is 0 Å². The number of unbranched alkanes of at least 4 members (excludes halogenated alkanes) is 2. The van der Waals surface area contributed by atoms with Crippen molar-refractivity contribution < 1.29 is 9.53 Å². The van der Waals surface area contributed by atoms with E-state index in [-0.39, 0.29) is 11.4 Å². The Kier molecular flexibility index (Phi) is 6.72. The quantitative estimate of drug-likeness (QED) is 0.444. The van der Waals surface area contributed by atoms with Crippen molar-refractivity contribution in [3.05, 3.63) is 65.2 Å². The van der Waals surface area contributed by atoms with Crippen LogP contribution in [0.4, 0.5) is 0 Å². The summed E-state index contributed by atoms with van der Waals surface area (Å²) in [4.78, 5) is 11.4. The van der Waals surface area contributed by atoms with Gasteiger partial charge < -0.3 is 4.74 Å². The summed E-state index contributed by atoms with van der Waals surface area (Å²) in [6.45, 7) is 4.56. The maximum absolute atomic E-state index is 11.4. The molecule has 0 saturated carbocycles. The predicted molar refractivity (Wildman–Crippen MR) is 117 cm³/mol. The Morgan fingerprint density at radius 1 is 0.964 bits per heavy atom. The van der Waals surface area contributed by atoms with Crippen LogP contribution in [0.25, 0.3) is 17.2 Å². The van der Waals surface area contributed by atoms with E-state index in [0.717, 1.165) is 5.56 Å². The van der Waals surface area contributed by atoms with Crippen LogP contribution in [0, 0.1) is 0 Å². The van der Waals surface area contributed by atoms with Crippen LogP contribution >= 0.6 is 0 Å². The van der Waals surface area contributed by atoms with Crippen molar-refractivity contribution in [3.63, 3.8) is 0 Å². The Balaban J connectivity index is 2.03. The molecule has 2 nitrogen and oxygen atoms in total. The topological polar surface area (TPSA) is 26.3 Å². The van der Waals surface area contributed by atoms with E-state index in [1.54, 1.807) is 0 Å². The lowest BCUT2D eigenvalue weighted by atomic mass is 9.71. The number of ether oxygens (including phenoxy) is 1. The smallest absolute Gasteiger partial charge is 0.309 e. The highest BCUT2D eigenvalue weighted by molar-refractivity contribution is 5.83. The second kappa shape index (κ2) is 9.23. The van der Waals surface area contributed by atoms with Gasteiger partial charge in [0, 0.05) is 5.41 Å². The monoisotopic (exact) mass is 376 g/mol. The molecule has 0 unspecified atom stereocenters. The lowest BCUT2D eigenvalue weighted by Gasteiger charge is -2.32. The summed E-state index contributed by atoms with van der Waals surface area (Å²) < 4.78 is 4.72. The Morgan fingerprint density at radius 3 is 2.32 bits per heavy atom. The van der Waals surface area contributed by atoms with Crippen molar-refractivity contribution in [2.24, 2.45) is 0 Å². The zero-order valence-corrected chi connectivity index (χ0v) is 17.5. The average molecular weight is 377 g/mol. The van der Waals surface area contributed by atoms with E-state index >= 15 is 0 Å². The van der Waals surface area contributed by atoms with Crippen LogP contribution in [0.1, 0.15) is 75.5 Å². The van der Waals surface area contributed by atoms with E-state index in [1.807, 2.05) is 12.2 Å². The molecule has 3 rings (SSSR count). The first-order valence-electron chi connectivity index (χ1n) is 10.6. The number of carbonyl (C=O) groups excluding carboxylic acids is 1.